The lowest BCUT2D eigenvalue weighted by Gasteiger charge is -2.14. The zero-order valence-corrected chi connectivity index (χ0v) is 18.4. The normalized spacial score (nSPS) is 15.3. The number of aryl methyl sites for hydroxylation is 1. The van der Waals surface area contributed by atoms with E-state index in [2.05, 4.69) is 5.32 Å². The highest BCUT2D eigenvalue weighted by atomic mass is 32.2. The first-order chi connectivity index (χ1) is 14.3. The molecule has 4 rings (SSSR count). The smallest absolute Gasteiger partial charge is 0.256 e. The highest BCUT2D eigenvalue weighted by Crippen LogP contribution is 2.33. The molecule has 2 aromatic carbocycles. The maximum absolute atomic E-state index is 13.0. The van der Waals surface area contributed by atoms with Gasteiger partial charge < -0.3 is 10.1 Å². The lowest BCUT2D eigenvalue weighted by Crippen LogP contribution is -2.17. The molecular formula is C23H25N3O3S. The van der Waals surface area contributed by atoms with Crippen molar-refractivity contribution >= 4 is 22.5 Å². The molecule has 156 valence electrons. The van der Waals surface area contributed by atoms with E-state index in [-0.39, 0.29) is 12.0 Å². The van der Waals surface area contributed by atoms with Crippen molar-refractivity contribution in [2.75, 3.05) is 5.32 Å². The van der Waals surface area contributed by atoms with Crippen molar-refractivity contribution in [2.24, 2.45) is 0 Å². The van der Waals surface area contributed by atoms with E-state index in [4.69, 9.17) is 9.84 Å². The molecule has 0 radical (unpaired) electrons. The number of nitrogens with one attached hydrogen (secondary N) is 1. The van der Waals surface area contributed by atoms with Crippen LogP contribution in [0, 0.1) is 13.8 Å². The Balaban J connectivity index is 1.69. The predicted molar refractivity (Wildman–Crippen MR) is 119 cm³/mol. The van der Waals surface area contributed by atoms with Gasteiger partial charge in [0, 0.05) is 21.9 Å². The van der Waals surface area contributed by atoms with E-state index in [9.17, 15) is 9.00 Å². The number of rotatable bonds is 5. The number of amides is 1. The molecule has 0 saturated carbocycles. The third kappa shape index (κ3) is 3.89. The molecule has 1 aliphatic heterocycles. The minimum absolute atomic E-state index is 0.0695. The number of carbonyl (C=O) groups excluding carboxylic acids is 1. The molecule has 0 fully saturated rings. The Kier molecular flexibility index (Phi) is 5.47. The molecule has 0 spiro atoms. The molecular weight excluding hydrogens is 398 g/mol. The van der Waals surface area contributed by atoms with Gasteiger partial charge in [0.15, 0.2) is 0 Å². The lowest BCUT2D eigenvalue weighted by atomic mass is 10.1. The number of hydrogen-bond donors (Lipinski definition) is 1. The van der Waals surface area contributed by atoms with Crippen LogP contribution in [0.5, 0.6) is 5.75 Å². The lowest BCUT2D eigenvalue weighted by molar-refractivity contribution is 0.102. The second-order valence-electron chi connectivity index (χ2n) is 7.78. The summed E-state index contributed by atoms with van der Waals surface area (Å²) in [5, 5.41) is 7.72. The summed E-state index contributed by atoms with van der Waals surface area (Å²) in [5.41, 5.74) is 5.29. The van der Waals surface area contributed by atoms with Crippen molar-refractivity contribution in [1.82, 2.24) is 9.78 Å². The molecule has 30 heavy (non-hydrogen) atoms. The molecule has 0 saturated heterocycles. The van der Waals surface area contributed by atoms with Crippen molar-refractivity contribution in [3.8, 4) is 11.4 Å². The highest BCUT2D eigenvalue weighted by molar-refractivity contribution is 7.83. The summed E-state index contributed by atoms with van der Waals surface area (Å²) in [5.74, 6) is 1.89. The number of ether oxygens (including phenoxy) is 1. The average Bonchev–Trinajstić information content (AvgIpc) is 3.21. The molecule has 0 bridgehead atoms. The second-order valence-corrected chi connectivity index (χ2v) is 9.24. The van der Waals surface area contributed by atoms with Crippen LogP contribution in [0.3, 0.4) is 0 Å². The van der Waals surface area contributed by atoms with Crippen LogP contribution in [0.25, 0.3) is 5.69 Å². The van der Waals surface area contributed by atoms with E-state index in [1.54, 1.807) is 28.9 Å². The zero-order chi connectivity index (χ0) is 21.4. The third-order valence-electron chi connectivity index (χ3n) is 5.19. The van der Waals surface area contributed by atoms with Gasteiger partial charge in [-0.2, -0.15) is 5.10 Å². The molecule has 1 amide bonds. The van der Waals surface area contributed by atoms with Gasteiger partial charge in [-0.15, -0.1) is 0 Å². The summed E-state index contributed by atoms with van der Waals surface area (Å²) in [6.45, 7) is 8.00. The molecule has 7 heteroatoms. The molecule has 1 atom stereocenters. The van der Waals surface area contributed by atoms with Gasteiger partial charge in [-0.1, -0.05) is 12.1 Å². The number of nitrogens with zero attached hydrogens (tertiary/aromatic N) is 2. The first-order valence-corrected chi connectivity index (χ1v) is 11.4. The van der Waals surface area contributed by atoms with E-state index in [1.807, 2.05) is 45.9 Å². The Morgan fingerprint density at radius 1 is 1.13 bits per heavy atom. The van der Waals surface area contributed by atoms with Crippen LogP contribution < -0.4 is 10.1 Å². The van der Waals surface area contributed by atoms with Gasteiger partial charge >= 0.3 is 0 Å². The van der Waals surface area contributed by atoms with Gasteiger partial charge in [0.2, 0.25) is 0 Å². The van der Waals surface area contributed by atoms with Crippen molar-refractivity contribution in [1.29, 1.82) is 0 Å². The quantitative estimate of drug-likeness (QED) is 0.664. The summed E-state index contributed by atoms with van der Waals surface area (Å²) in [4.78, 5) is 13.0. The van der Waals surface area contributed by atoms with Gasteiger partial charge in [-0.25, -0.2) is 4.68 Å². The van der Waals surface area contributed by atoms with E-state index in [1.165, 1.54) is 0 Å². The third-order valence-corrected chi connectivity index (χ3v) is 6.40. The summed E-state index contributed by atoms with van der Waals surface area (Å²) in [7, 11) is -0.985. The van der Waals surface area contributed by atoms with Crippen LogP contribution in [0.1, 0.15) is 46.6 Å². The average molecular weight is 424 g/mol. The Bertz CT molecular complexity index is 1130. The Morgan fingerprint density at radius 3 is 2.57 bits per heavy atom. The number of hydrogen-bond acceptors (Lipinski definition) is 4. The van der Waals surface area contributed by atoms with Gasteiger partial charge in [0.25, 0.3) is 5.91 Å². The van der Waals surface area contributed by atoms with Gasteiger partial charge in [-0.3, -0.25) is 9.00 Å². The number of anilines is 1. The maximum Gasteiger partial charge on any atom is 0.256 e. The minimum Gasteiger partial charge on any atom is -0.491 e. The standard InChI is InChI=1S/C23H25N3O3S/c1-14(2)29-18-10-8-17(9-11-18)23(27)24-22-19-12-30(28)13-20(19)25-26(22)21-7-5-6-15(3)16(21)4/h5-11,14H,12-13H2,1-4H3,(H,24,27)/t30-/m0/s1. The Labute approximate surface area is 178 Å². The largest absolute Gasteiger partial charge is 0.491 e. The summed E-state index contributed by atoms with van der Waals surface area (Å²) in [6.07, 6.45) is 0.0695. The molecule has 3 aromatic rings. The number of carbonyl (C=O) groups is 1. The molecule has 6 nitrogen and oxygen atoms in total. The molecule has 1 aliphatic rings. The first kappa shape index (κ1) is 20.3. The highest BCUT2D eigenvalue weighted by Gasteiger charge is 2.29. The monoisotopic (exact) mass is 423 g/mol. The van der Waals surface area contributed by atoms with Crippen LogP contribution in [0.2, 0.25) is 0 Å². The molecule has 1 aromatic heterocycles. The molecule has 1 N–H and O–H groups in total. The predicted octanol–water partition coefficient (Wildman–Crippen LogP) is 4.29. The molecule has 2 heterocycles. The fourth-order valence-corrected chi connectivity index (χ4v) is 4.80. The summed E-state index contributed by atoms with van der Waals surface area (Å²) >= 11 is 0. The van der Waals surface area contributed by atoms with Gasteiger partial charge in [-0.05, 0) is 69.2 Å². The summed E-state index contributed by atoms with van der Waals surface area (Å²) in [6, 6.07) is 13.1. The number of aromatic nitrogens is 2. The van der Waals surface area contributed by atoms with E-state index in [0.29, 0.717) is 22.9 Å². The van der Waals surface area contributed by atoms with Crippen molar-refractivity contribution in [2.45, 2.75) is 45.3 Å². The fraction of sp³-hybridized carbons (Fsp3) is 0.304. The first-order valence-electron chi connectivity index (χ1n) is 9.94. The SMILES string of the molecule is Cc1cccc(-n2nc3c(c2NC(=O)c2ccc(OC(C)C)cc2)C[S@](=O)C3)c1C. The van der Waals surface area contributed by atoms with Crippen molar-refractivity contribution < 1.29 is 13.7 Å². The van der Waals surface area contributed by atoms with E-state index in [0.717, 1.165) is 33.8 Å². The Hall–Kier alpha value is -2.93. The van der Waals surface area contributed by atoms with E-state index < -0.39 is 10.8 Å². The zero-order valence-electron chi connectivity index (χ0n) is 17.6. The molecule has 0 aliphatic carbocycles. The fourth-order valence-electron chi connectivity index (χ4n) is 3.53. The van der Waals surface area contributed by atoms with E-state index >= 15 is 0 Å². The minimum atomic E-state index is -0.985. The van der Waals surface area contributed by atoms with Crippen LogP contribution in [0.15, 0.2) is 42.5 Å². The number of benzene rings is 2. The topological polar surface area (TPSA) is 73.2 Å². The van der Waals surface area contributed by atoms with Gasteiger partial charge in [0.1, 0.15) is 11.6 Å². The molecule has 0 unspecified atom stereocenters. The summed E-state index contributed by atoms with van der Waals surface area (Å²) < 4.78 is 19.5. The van der Waals surface area contributed by atoms with Gasteiger partial charge in [0.05, 0.1) is 29.0 Å². The van der Waals surface area contributed by atoms with Crippen LogP contribution >= 0.6 is 0 Å². The van der Waals surface area contributed by atoms with Crippen molar-refractivity contribution in [3.63, 3.8) is 0 Å². The Morgan fingerprint density at radius 2 is 1.87 bits per heavy atom. The maximum atomic E-state index is 13.0. The van der Waals surface area contributed by atoms with Crippen molar-refractivity contribution in [3.05, 3.63) is 70.4 Å². The van der Waals surface area contributed by atoms with Crippen LogP contribution in [-0.4, -0.2) is 26.0 Å². The van der Waals surface area contributed by atoms with Crippen LogP contribution in [-0.2, 0) is 22.3 Å². The second kappa shape index (κ2) is 8.07. The number of fused-ring (bicyclic) bond motifs is 1. The van der Waals surface area contributed by atoms with Crippen LogP contribution in [0.4, 0.5) is 5.82 Å².